The Morgan fingerprint density at radius 2 is 0.804 bits per heavy atom. The average molecular weight is 716 g/mol. The molecule has 10 rings (SSSR count). The third-order valence-electron chi connectivity index (χ3n) is 11.6. The van der Waals surface area contributed by atoms with E-state index in [1.165, 1.54) is 77.2 Å². The van der Waals surface area contributed by atoms with Crippen LogP contribution in [0.25, 0.3) is 67.1 Å². The van der Waals surface area contributed by atoms with Crippen LogP contribution in [0.5, 0.6) is 0 Å². The summed E-state index contributed by atoms with van der Waals surface area (Å²) in [4.78, 5) is 2.35. The van der Waals surface area contributed by atoms with Crippen molar-refractivity contribution in [2.45, 2.75) is 19.3 Å². The lowest BCUT2D eigenvalue weighted by molar-refractivity contribution is 0.660. The van der Waals surface area contributed by atoms with Crippen LogP contribution in [0.1, 0.15) is 36.1 Å². The zero-order valence-corrected chi connectivity index (χ0v) is 31.7. The zero-order chi connectivity index (χ0) is 37.6. The highest BCUT2D eigenvalue weighted by Crippen LogP contribution is 2.51. The van der Waals surface area contributed by atoms with Crippen molar-refractivity contribution < 1.29 is 0 Å². The third kappa shape index (κ3) is 5.72. The molecule has 0 atom stereocenters. The maximum atomic E-state index is 2.40. The lowest BCUT2D eigenvalue weighted by atomic mass is 9.81. The predicted octanol–water partition coefficient (Wildman–Crippen LogP) is 15.3. The van der Waals surface area contributed by atoms with E-state index in [4.69, 9.17) is 0 Å². The Labute approximate surface area is 329 Å². The van der Waals surface area contributed by atoms with E-state index in [9.17, 15) is 0 Å². The van der Waals surface area contributed by atoms with Gasteiger partial charge in [0.1, 0.15) is 0 Å². The second-order valence-electron chi connectivity index (χ2n) is 15.3. The lowest BCUT2D eigenvalue weighted by Crippen LogP contribution is -2.16. The van der Waals surface area contributed by atoms with Gasteiger partial charge in [0.25, 0.3) is 0 Å². The Bertz CT molecular complexity index is 2870. The van der Waals surface area contributed by atoms with E-state index in [2.05, 4.69) is 231 Å². The first-order chi connectivity index (χ1) is 27.5. The van der Waals surface area contributed by atoms with E-state index >= 15 is 0 Å². The van der Waals surface area contributed by atoms with E-state index in [0.717, 1.165) is 17.1 Å². The Morgan fingerprint density at radius 1 is 0.357 bits per heavy atom. The normalized spacial score (nSPS) is 12.9. The molecule has 0 aliphatic heterocycles. The molecule has 1 heteroatoms. The molecule has 1 nitrogen and oxygen atoms in total. The van der Waals surface area contributed by atoms with Gasteiger partial charge < -0.3 is 4.90 Å². The number of rotatable bonds is 7. The van der Waals surface area contributed by atoms with Gasteiger partial charge in [-0.25, -0.2) is 0 Å². The molecule has 1 aliphatic rings. The summed E-state index contributed by atoms with van der Waals surface area (Å²) in [5.74, 6) is 0. The summed E-state index contributed by atoms with van der Waals surface area (Å²) >= 11 is 0. The Morgan fingerprint density at radius 3 is 1.39 bits per heavy atom. The van der Waals surface area contributed by atoms with Gasteiger partial charge in [-0.05, 0) is 120 Å². The molecule has 0 saturated carbocycles. The minimum Gasteiger partial charge on any atom is -0.310 e. The van der Waals surface area contributed by atoms with Crippen LogP contribution in [0, 0.1) is 0 Å². The summed E-state index contributed by atoms with van der Waals surface area (Å²) in [7, 11) is 0. The molecule has 9 aromatic carbocycles. The minimum atomic E-state index is -0.157. The van der Waals surface area contributed by atoms with E-state index in [1.807, 2.05) is 0 Å². The van der Waals surface area contributed by atoms with E-state index < -0.39 is 0 Å². The van der Waals surface area contributed by atoms with E-state index in [1.54, 1.807) is 0 Å². The van der Waals surface area contributed by atoms with Gasteiger partial charge in [0.05, 0.1) is 0 Å². The van der Waals surface area contributed by atoms with Crippen LogP contribution in [0.2, 0.25) is 0 Å². The van der Waals surface area contributed by atoms with Crippen LogP contribution in [-0.2, 0) is 5.41 Å². The summed E-state index contributed by atoms with van der Waals surface area (Å²) < 4.78 is 0. The quantitative estimate of drug-likeness (QED) is 0.117. The topological polar surface area (TPSA) is 3.24 Å². The van der Waals surface area contributed by atoms with Crippen molar-refractivity contribution in [3.8, 4) is 33.4 Å². The number of nitrogens with zero attached hydrogens (tertiary/aromatic N) is 1. The Kier molecular flexibility index (Phi) is 8.23. The molecule has 0 radical (unpaired) electrons. The SMILES string of the molecule is CC1(C)c2cc(/C=C/c3ccc4c(-c5ccccc5)c(-c5ccccc5)c5ccccc5c4c3)ccc2-c2ccc(N(c3ccccc3)c3ccccc3)cc21. The van der Waals surface area contributed by atoms with Crippen molar-refractivity contribution in [1.82, 2.24) is 0 Å². The maximum Gasteiger partial charge on any atom is 0.0465 e. The highest BCUT2D eigenvalue weighted by atomic mass is 15.1. The number of fused-ring (bicyclic) bond motifs is 6. The molecule has 266 valence electrons. The van der Waals surface area contributed by atoms with Gasteiger partial charge in [0.15, 0.2) is 0 Å². The highest BCUT2D eigenvalue weighted by Gasteiger charge is 2.36. The van der Waals surface area contributed by atoms with Gasteiger partial charge in [-0.1, -0.05) is 184 Å². The number of hydrogen-bond acceptors (Lipinski definition) is 1. The Hall–Kier alpha value is -6.96. The van der Waals surface area contributed by atoms with Gasteiger partial charge >= 0.3 is 0 Å². The van der Waals surface area contributed by atoms with Crippen LogP contribution in [-0.4, -0.2) is 0 Å². The van der Waals surface area contributed by atoms with E-state index in [-0.39, 0.29) is 5.41 Å². The first-order valence-corrected chi connectivity index (χ1v) is 19.5. The molecule has 0 aromatic heterocycles. The largest absolute Gasteiger partial charge is 0.310 e. The van der Waals surface area contributed by atoms with Crippen molar-refractivity contribution in [3.63, 3.8) is 0 Å². The summed E-state index contributed by atoms with van der Waals surface area (Å²) in [6.45, 7) is 4.74. The van der Waals surface area contributed by atoms with Crippen molar-refractivity contribution in [2.75, 3.05) is 4.90 Å². The molecule has 0 bridgehead atoms. The van der Waals surface area contributed by atoms with Crippen LogP contribution >= 0.6 is 0 Å². The molecular formula is C55H41N. The second kappa shape index (κ2) is 13.7. The van der Waals surface area contributed by atoms with Crippen LogP contribution in [0.3, 0.4) is 0 Å². The van der Waals surface area contributed by atoms with Gasteiger partial charge in [-0.15, -0.1) is 0 Å². The van der Waals surface area contributed by atoms with Gasteiger partial charge in [0.2, 0.25) is 0 Å². The molecule has 0 N–H and O–H groups in total. The molecule has 0 amide bonds. The average Bonchev–Trinajstić information content (AvgIpc) is 3.48. The third-order valence-corrected chi connectivity index (χ3v) is 11.6. The first kappa shape index (κ1) is 33.6. The molecule has 0 spiro atoms. The van der Waals surface area contributed by atoms with Gasteiger partial charge in [-0.3, -0.25) is 0 Å². The van der Waals surface area contributed by atoms with Crippen molar-refractivity contribution in [3.05, 3.63) is 222 Å². The lowest BCUT2D eigenvalue weighted by Gasteiger charge is -2.28. The number of anilines is 3. The molecule has 0 unspecified atom stereocenters. The fourth-order valence-corrected chi connectivity index (χ4v) is 8.90. The number of hydrogen-bond donors (Lipinski definition) is 0. The summed E-state index contributed by atoms with van der Waals surface area (Å²) in [6.07, 6.45) is 4.55. The highest BCUT2D eigenvalue weighted by molar-refractivity contribution is 6.22. The number of benzene rings is 9. The van der Waals surface area contributed by atoms with Crippen molar-refractivity contribution in [2.24, 2.45) is 0 Å². The minimum absolute atomic E-state index is 0.157. The molecule has 0 heterocycles. The van der Waals surface area contributed by atoms with Gasteiger partial charge in [0, 0.05) is 22.5 Å². The monoisotopic (exact) mass is 715 g/mol. The maximum absolute atomic E-state index is 2.40. The van der Waals surface area contributed by atoms with Crippen molar-refractivity contribution in [1.29, 1.82) is 0 Å². The number of para-hydroxylation sites is 2. The van der Waals surface area contributed by atoms with Crippen LogP contribution < -0.4 is 4.90 Å². The predicted molar refractivity (Wildman–Crippen MR) is 240 cm³/mol. The first-order valence-electron chi connectivity index (χ1n) is 19.5. The van der Waals surface area contributed by atoms with Gasteiger partial charge in [-0.2, -0.15) is 0 Å². The van der Waals surface area contributed by atoms with Crippen LogP contribution in [0.4, 0.5) is 17.1 Å². The smallest absolute Gasteiger partial charge is 0.0465 e. The molecule has 0 fully saturated rings. The standard InChI is InChI=1S/C55H41N/c1-55(2)51-36-39(29-32-46(51)47-34-31-44(37-52(47)55)56(42-21-11-5-12-22-42)43-23-13-6-14-24-43)28-27-38-30-33-49-50(35-38)45-25-15-16-26-48(45)53(40-17-7-3-8-18-40)54(49)41-19-9-4-10-20-41/h3-37H,1-2H3/b28-27+. The summed E-state index contributed by atoms with van der Waals surface area (Å²) in [5.41, 5.74) is 16.1. The molecule has 56 heavy (non-hydrogen) atoms. The molecule has 9 aromatic rings. The van der Waals surface area contributed by atoms with Crippen LogP contribution in [0.15, 0.2) is 200 Å². The molecule has 1 aliphatic carbocycles. The Balaban J connectivity index is 1.03. The zero-order valence-electron chi connectivity index (χ0n) is 31.7. The van der Waals surface area contributed by atoms with Crippen molar-refractivity contribution >= 4 is 50.8 Å². The fraction of sp³-hybridized carbons (Fsp3) is 0.0545. The molecule has 0 saturated heterocycles. The van der Waals surface area contributed by atoms with E-state index in [0.29, 0.717) is 0 Å². The second-order valence-corrected chi connectivity index (χ2v) is 15.3. The summed E-state index contributed by atoms with van der Waals surface area (Å²) in [5, 5.41) is 5.07. The summed E-state index contributed by atoms with van der Waals surface area (Å²) in [6, 6.07) is 72.8. The fourth-order valence-electron chi connectivity index (χ4n) is 8.90. The molecular weight excluding hydrogens is 675 g/mol.